The Morgan fingerprint density at radius 1 is 1.14 bits per heavy atom. The molecule has 2 aromatic rings. The molecule has 0 atom stereocenters. The molecule has 0 unspecified atom stereocenters. The van der Waals surface area contributed by atoms with Crippen LogP contribution in [0.25, 0.3) is 6.08 Å². The molecule has 0 radical (unpaired) electrons. The van der Waals surface area contributed by atoms with Crippen LogP contribution in [0.1, 0.15) is 35.4 Å². The average Bonchev–Trinajstić information content (AvgIpc) is 3.44. The monoisotopic (exact) mass is 391 g/mol. The number of nitrogens with one attached hydrogen (secondary N) is 1. The molecule has 2 aliphatic heterocycles. The lowest BCUT2D eigenvalue weighted by Crippen LogP contribution is -2.25. The van der Waals surface area contributed by atoms with Gasteiger partial charge >= 0.3 is 0 Å². The van der Waals surface area contributed by atoms with E-state index in [0.29, 0.717) is 0 Å². The zero-order chi connectivity index (χ0) is 20.2. The molecule has 5 nitrogen and oxygen atoms in total. The minimum Gasteiger partial charge on any atom is -0.494 e. The molecule has 0 amide bonds. The molecule has 0 aliphatic carbocycles. The van der Waals surface area contributed by atoms with Crippen molar-refractivity contribution in [3.05, 3.63) is 70.4 Å². The van der Waals surface area contributed by atoms with E-state index in [2.05, 4.69) is 41.9 Å². The predicted octanol–water partition coefficient (Wildman–Crippen LogP) is 4.48. The summed E-state index contributed by atoms with van der Waals surface area (Å²) in [5.74, 6) is 1.67. The first-order valence-electron chi connectivity index (χ1n) is 10.3. The molecule has 152 valence electrons. The SMILES string of the molecule is COC1=CC(c2ccc(OCCN3CCCC3)cc2)=N/C1=C\c1[nH]c(C)cc1C. The molecule has 4 rings (SSSR count). The van der Waals surface area contributed by atoms with Crippen LogP contribution in [-0.4, -0.2) is 48.9 Å². The van der Waals surface area contributed by atoms with Crippen LogP contribution in [0.15, 0.2) is 52.9 Å². The maximum absolute atomic E-state index is 5.91. The third-order valence-corrected chi connectivity index (χ3v) is 5.48. The molecule has 2 aliphatic rings. The van der Waals surface area contributed by atoms with Gasteiger partial charge in [0.05, 0.1) is 12.8 Å². The minimum absolute atomic E-state index is 0.732. The fourth-order valence-electron chi connectivity index (χ4n) is 3.89. The third kappa shape index (κ3) is 4.62. The summed E-state index contributed by atoms with van der Waals surface area (Å²) in [6.45, 7) is 8.28. The Kier molecular flexibility index (Phi) is 5.86. The lowest BCUT2D eigenvalue weighted by molar-refractivity contribution is 0.238. The lowest BCUT2D eigenvalue weighted by atomic mass is 10.1. The van der Waals surface area contributed by atoms with E-state index < -0.39 is 0 Å². The Bertz CT molecular complexity index is 945. The first-order chi connectivity index (χ1) is 14.1. The molecule has 1 aromatic heterocycles. The molecule has 1 saturated heterocycles. The lowest BCUT2D eigenvalue weighted by Gasteiger charge is -2.14. The van der Waals surface area contributed by atoms with Crippen molar-refractivity contribution < 1.29 is 9.47 Å². The summed E-state index contributed by atoms with van der Waals surface area (Å²) in [5, 5.41) is 0. The van der Waals surface area contributed by atoms with Gasteiger partial charge in [0, 0.05) is 29.6 Å². The van der Waals surface area contributed by atoms with E-state index in [1.165, 1.54) is 31.5 Å². The van der Waals surface area contributed by atoms with Crippen molar-refractivity contribution in [3.63, 3.8) is 0 Å². The number of likely N-dealkylation sites (tertiary alicyclic amines) is 1. The van der Waals surface area contributed by atoms with Crippen molar-refractivity contribution >= 4 is 11.8 Å². The molecule has 1 aromatic carbocycles. The molecule has 3 heterocycles. The number of ether oxygens (including phenoxy) is 2. The molecule has 0 saturated carbocycles. The van der Waals surface area contributed by atoms with Gasteiger partial charge in [-0.15, -0.1) is 0 Å². The maximum atomic E-state index is 5.91. The van der Waals surface area contributed by atoms with Crippen molar-refractivity contribution in [2.24, 2.45) is 4.99 Å². The zero-order valence-corrected chi connectivity index (χ0v) is 17.5. The van der Waals surface area contributed by atoms with Crippen molar-refractivity contribution in [3.8, 4) is 5.75 Å². The normalized spacial score (nSPS) is 18.2. The number of aromatic nitrogens is 1. The number of nitrogens with zero attached hydrogens (tertiary/aromatic N) is 2. The van der Waals surface area contributed by atoms with E-state index in [9.17, 15) is 0 Å². The Morgan fingerprint density at radius 2 is 1.90 bits per heavy atom. The summed E-state index contributed by atoms with van der Waals surface area (Å²) in [7, 11) is 1.68. The highest BCUT2D eigenvalue weighted by molar-refractivity contribution is 6.12. The van der Waals surface area contributed by atoms with Crippen LogP contribution in [0.5, 0.6) is 5.75 Å². The van der Waals surface area contributed by atoms with Gasteiger partial charge < -0.3 is 14.5 Å². The van der Waals surface area contributed by atoms with Crippen LogP contribution < -0.4 is 4.74 Å². The highest BCUT2D eigenvalue weighted by atomic mass is 16.5. The summed E-state index contributed by atoms with van der Waals surface area (Å²) in [6.07, 6.45) is 6.65. The van der Waals surface area contributed by atoms with Gasteiger partial charge in [0.2, 0.25) is 0 Å². The first kappa shape index (κ1) is 19.5. The van der Waals surface area contributed by atoms with Gasteiger partial charge in [0.25, 0.3) is 0 Å². The Morgan fingerprint density at radius 3 is 2.55 bits per heavy atom. The molecule has 29 heavy (non-hydrogen) atoms. The maximum Gasteiger partial charge on any atom is 0.146 e. The van der Waals surface area contributed by atoms with Crippen molar-refractivity contribution in [2.75, 3.05) is 33.4 Å². The highest BCUT2D eigenvalue weighted by Crippen LogP contribution is 2.26. The summed E-state index contributed by atoms with van der Waals surface area (Å²) in [4.78, 5) is 10.6. The summed E-state index contributed by atoms with van der Waals surface area (Å²) < 4.78 is 11.5. The Labute approximate surface area is 172 Å². The number of hydrogen-bond acceptors (Lipinski definition) is 4. The predicted molar refractivity (Wildman–Crippen MR) is 117 cm³/mol. The second-order valence-corrected chi connectivity index (χ2v) is 7.71. The van der Waals surface area contributed by atoms with Crippen molar-refractivity contribution in [2.45, 2.75) is 26.7 Å². The van der Waals surface area contributed by atoms with Gasteiger partial charge in [-0.3, -0.25) is 4.90 Å². The largest absolute Gasteiger partial charge is 0.494 e. The van der Waals surface area contributed by atoms with Crippen molar-refractivity contribution in [1.29, 1.82) is 0 Å². The average molecular weight is 392 g/mol. The fraction of sp³-hybridized carbons (Fsp3) is 0.375. The van der Waals surface area contributed by atoms with Gasteiger partial charge in [-0.2, -0.15) is 0 Å². The molecule has 1 fully saturated rings. The first-order valence-corrected chi connectivity index (χ1v) is 10.3. The number of benzene rings is 1. The number of methoxy groups -OCH3 is 1. The summed E-state index contributed by atoms with van der Waals surface area (Å²) in [5.41, 5.74) is 6.18. The molecular formula is C24H29N3O2. The molecule has 5 heteroatoms. The second kappa shape index (κ2) is 8.70. The second-order valence-electron chi connectivity index (χ2n) is 7.71. The molecule has 0 spiro atoms. The zero-order valence-electron chi connectivity index (χ0n) is 17.5. The minimum atomic E-state index is 0.732. The molecule has 1 N–H and O–H groups in total. The van der Waals surface area contributed by atoms with Gasteiger partial charge in [0.1, 0.15) is 23.8 Å². The number of rotatable bonds is 7. The van der Waals surface area contributed by atoms with Crippen LogP contribution in [0, 0.1) is 13.8 Å². The highest BCUT2D eigenvalue weighted by Gasteiger charge is 2.17. The smallest absolute Gasteiger partial charge is 0.146 e. The Hall–Kier alpha value is -2.79. The van der Waals surface area contributed by atoms with E-state index in [4.69, 9.17) is 14.5 Å². The van der Waals surface area contributed by atoms with Crippen LogP contribution in [-0.2, 0) is 4.74 Å². The Balaban J connectivity index is 1.44. The van der Waals surface area contributed by atoms with Gasteiger partial charge in [-0.05, 0) is 81.7 Å². The van der Waals surface area contributed by atoms with E-state index in [-0.39, 0.29) is 0 Å². The number of allylic oxidation sites excluding steroid dienone is 1. The van der Waals surface area contributed by atoms with Gasteiger partial charge in [-0.25, -0.2) is 4.99 Å². The van der Waals surface area contributed by atoms with Crippen LogP contribution in [0.2, 0.25) is 0 Å². The van der Waals surface area contributed by atoms with Crippen LogP contribution in [0.4, 0.5) is 0 Å². The van der Waals surface area contributed by atoms with E-state index in [1.54, 1.807) is 7.11 Å². The van der Waals surface area contributed by atoms with Gasteiger partial charge in [-0.1, -0.05) is 0 Å². The topological polar surface area (TPSA) is 49.9 Å². The molecular weight excluding hydrogens is 362 g/mol. The number of hydrogen-bond donors (Lipinski definition) is 1. The van der Waals surface area contributed by atoms with Crippen LogP contribution in [0.3, 0.4) is 0 Å². The summed E-state index contributed by atoms with van der Waals surface area (Å²) >= 11 is 0. The van der Waals surface area contributed by atoms with E-state index in [0.717, 1.165) is 53.0 Å². The number of aliphatic imine (C=N–C) groups is 1. The van der Waals surface area contributed by atoms with Crippen LogP contribution >= 0.6 is 0 Å². The number of H-pyrrole nitrogens is 1. The van der Waals surface area contributed by atoms with Gasteiger partial charge in [0.15, 0.2) is 0 Å². The van der Waals surface area contributed by atoms with E-state index in [1.807, 2.05) is 24.3 Å². The standard InChI is InChI=1S/C24H29N3O2/c1-17-14-18(2)25-21(17)15-23-24(28-3)16-22(26-23)19-6-8-20(9-7-19)29-13-12-27-10-4-5-11-27/h6-9,14-16,25H,4-5,10-13H2,1-3H3/b23-15-. The number of aromatic amines is 1. The summed E-state index contributed by atoms with van der Waals surface area (Å²) in [6, 6.07) is 10.3. The quantitative estimate of drug-likeness (QED) is 0.757. The fourth-order valence-corrected chi connectivity index (χ4v) is 3.89. The van der Waals surface area contributed by atoms with Crippen molar-refractivity contribution in [1.82, 2.24) is 9.88 Å². The third-order valence-electron chi connectivity index (χ3n) is 5.48. The van der Waals surface area contributed by atoms with E-state index >= 15 is 0 Å². The number of aryl methyl sites for hydroxylation is 2. The molecule has 0 bridgehead atoms.